The van der Waals surface area contributed by atoms with Gasteiger partial charge in [0, 0.05) is 18.3 Å². The lowest BCUT2D eigenvalue weighted by molar-refractivity contribution is -0.138. The third-order valence-corrected chi connectivity index (χ3v) is 2.88. The molecule has 98 valence electrons. The van der Waals surface area contributed by atoms with Gasteiger partial charge in [-0.15, -0.1) is 0 Å². The molecule has 0 aliphatic heterocycles. The van der Waals surface area contributed by atoms with E-state index in [4.69, 9.17) is 5.11 Å². The molecule has 2 N–H and O–H groups in total. The molecule has 5 heteroatoms. The molecule has 17 heavy (non-hydrogen) atoms. The molecular weight excluding hydrogens is 222 g/mol. The van der Waals surface area contributed by atoms with Gasteiger partial charge in [-0.3, -0.25) is 14.4 Å². The van der Waals surface area contributed by atoms with Crippen molar-refractivity contribution in [3.05, 3.63) is 0 Å². The second kappa shape index (κ2) is 7.04. The number of carbonyl (C=O) groups excluding carboxylic acids is 2. The average molecular weight is 243 g/mol. The molecule has 0 aromatic carbocycles. The molecule has 0 aromatic rings. The van der Waals surface area contributed by atoms with E-state index in [-0.39, 0.29) is 24.0 Å². The Labute approximate surface area is 102 Å². The molecule has 0 rings (SSSR count). The molecule has 0 aliphatic carbocycles. The highest BCUT2D eigenvalue weighted by Crippen LogP contribution is 2.16. The standard InChI is InChI=1S/C12H21NO4/c1-7(2)9(4)10(14)5-8(3)12(17)13-6-11(15)16/h7-9H,5-6H2,1-4H3,(H,13,17)(H,15,16)/t8-,9+/m1/s1. The van der Waals surface area contributed by atoms with Crippen LogP contribution < -0.4 is 5.32 Å². The summed E-state index contributed by atoms with van der Waals surface area (Å²) in [6, 6.07) is 0. The zero-order valence-corrected chi connectivity index (χ0v) is 10.8. The van der Waals surface area contributed by atoms with Crippen LogP contribution in [0.3, 0.4) is 0 Å². The van der Waals surface area contributed by atoms with Crippen molar-refractivity contribution in [1.82, 2.24) is 5.32 Å². The number of Topliss-reactive ketones (excluding diaryl/α,β-unsaturated/α-hetero) is 1. The van der Waals surface area contributed by atoms with Crippen LogP contribution in [0.4, 0.5) is 0 Å². The van der Waals surface area contributed by atoms with Gasteiger partial charge < -0.3 is 10.4 Å². The molecule has 0 saturated carbocycles. The largest absolute Gasteiger partial charge is 0.480 e. The van der Waals surface area contributed by atoms with E-state index < -0.39 is 24.3 Å². The first-order valence-corrected chi connectivity index (χ1v) is 5.77. The SMILES string of the molecule is CC(C)[C@H](C)C(=O)C[C@@H](C)C(=O)NCC(=O)O. The maximum atomic E-state index is 11.7. The third-order valence-electron chi connectivity index (χ3n) is 2.88. The number of carboxylic acids is 1. The second-order valence-corrected chi connectivity index (χ2v) is 4.72. The molecule has 0 saturated heterocycles. The van der Waals surface area contributed by atoms with E-state index in [1.807, 2.05) is 20.8 Å². The summed E-state index contributed by atoms with van der Waals surface area (Å²) in [5, 5.41) is 10.7. The maximum absolute atomic E-state index is 11.7. The number of rotatable bonds is 7. The molecular formula is C12H21NO4. The fraction of sp³-hybridized carbons (Fsp3) is 0.750. The molecule has 0 spiro atoms. The van der Waals surface area contributed by atoms with Crippen molar-refractivity contribution in [3.8, 4) is 0 Å². The molecule has 0 fully saturated rings. The predicted octanol–water partition coefficient (Wildman–Crippen LogP) is 1.07. The minimum absolute atomic E-state index is 0.0398. The molecule has 0 heterocycles. The lowest BCUT2D eigenvalue weighted by Crippen LogP contribution is -2.35. The lowest BCUT2D eigenvalue weighted by Gasteiger charge is -2.16. The quantitative estimate of drug-likeness (QED) is 0.700. The minimum Gasteiger partial charge on any atom is -0.480 e. The highest BCUT2D eigenvalue weighted by molar-refractivity contribution is 5.89. The predicted molar refractivity (Wildman–Crippen MR) is 63.4 cm³/mol. The van der Waals surface area contributed by atoms with E-state index >= 15 is 0 Å². The van der Waals surface area contributed by atoms with Gasteiger partial charge in [0.1, 0.15) is 12.3 Å². The fourth-order valence-electron chi connectivity index (χ4n) is 1.29. The van der Waals surface area contributed by atoms with Crippen molar-refractivity contribution in [2.45, 2.75) is 34.1 Å². The number of carbonyl (C=O) groups is 3. The van der Waals surface area contributed by atoms with Crippen LogP contribution in [0.25, 0.3) is 0 Å². The van der Waals surface area contributed by atoms with E-state index in [0.29, 0.717) is 0 Å². The number of nitrogens with one attached hydrogen (secondary N) is 1. The summed E-state index contributed by atoms with van der Waals surface area (Å²) in [5.74, 6) is -1.76. The Kier molecular flexibility index (Phi) is 6.46. The average Bonchev–Trinajstić information content (AvgIpc) is 2.24. The lowest BCUT2D eigenvalue weighted by atomic mass is 9.88. The first-order valence-electron chi connectivity index (χ1n) is 5.77. The third kappa shape index (κ3) is 6.04. The number of carboxylic acid groups (broad SMARTS) is 1. The maximum Gasteiger partial charge on any atom is 0.322 e. The molecule has 0 bridgehead atoms. The Morgan fingerprint density at radius 2 is 1.65 bits per heavy atom. The highest BCUT2D eigenvalue weighted by atomic mass is 16.4. The van der Waals surface area contributed by atoms with Crippen LogP contribution in [0.5, 0.6) is 0 Å². The van der Waals surface area contributed by atoms with Crippen LogP contribution in [0.1, 0.15) is 34.1 Å². The van der Waals surface area contributed by atoms with Gasteiger partial charge in [-0.1, -0.05) is 27.7 Å². The van der Waals surface area contributed by atoms with Crippen molar-refractivity contribution in [2.75, 3.05) is 6.54 Å². The Bertz CT molecular complexity index is 299. The number of hydrogen-bond acceptors (Lipinski definition) is 3. The van der Waals surface area contributed by atoms with Crippen LogP contribution in [-0.2, 0) is 14.4 Å². The Morgan fingerprint density at radius 3 is 2.06 bits per heavy atom. The smallest absolute Gasteiger partial charge is 0.322 e. The Balaban J connectivity index is 4.16. The summed E-state index contributed by atoms with van der Waals surface area (Å²) in [4.78, 5) is 33.5. The topological polar surface area (TPSA) is 83.5 Å². The normalized spacial score (nSPS) is 14.2. The number of ketones is 1. The zero-order valence-electron chi connectivity index (χ0n) is 10.8. The van der Waals surface area contributed by atoms with Crippen LogP contribution in [0.2, 0.25) is 0 Å². The summed E-state index contributed by atoms with van der Waals surface area (Å²) < 4.78 is 0. The van der Waals surface area contributed by atoms with E-state index in [1.165, 1.54) is 0 Å². The summed E-state index contributed by atoms with van der Waals surface area (Å²) in [6.07, 6.45) is 0.158. The molecule has 1 amide bonds. The Morgan fingerprint density at radius 1 is 1.12 bits per heavy atom. The van der Waals surface area contributed by atoms with E-state index in [9.17, 15) is 14.4 Å². The second-order valence-electron chi connectivity index (χ2n) is 4.72. The minimum atomic E-state index is -1.09. The monoisotopic (exact) mass is 243 g/mol. The summed E-state index contributed by atoms with van der Waals surface area (Å²) >= 11 is 0. The molecule has 0 aliphatic rings. The summed E-state index contributed by atoms with van der Waals surface area (Å²) in [7, 11) is 0. The fourth-order valence-corrected chi connectivity index (χ4v) is 1.29. The van der Waals surface area contributed by atoms with Gasteiger partial charge in [0.15, 0.2) is 0 Å². The van der Waals surface area contributed by atoms with Crippen molar-refractivity contribution in [3.63, 3.8) is 0 Å². The van der Waals surface area contributed by atoms with Gasteiger partial charge in [-0.2, -0.15) is 0 Å². The van der Waals surface area contributed by atoms with Crippen molar-refractivity contribution >= 4 is 17.7 Å². The van der Waals surface area contributed by atoms with Crippen LogP contribution in [-0.4, -0.2) is 29.3 Å². The van der Waals surface area contributed by atoms with Gasteiger partial charge in [-0.05, 0) is 5.92 Å². The van der Waals surface area contributed by atoms with Gasteiger partial charge in [0.25, 0.3) is 0 Å². The molecule has 0 aromatic heterocycles. The number of hydrogen-bond donors (Lipinski definition) is 2. The molecule has 0 unspecified atom stereocenters. The summed E-state index contributed by atoms with van der Waals surface area (Å²) in [5.41, 5.74) is 0. The van der Waals surface area contributed by atoms with Crippen LogP contribution >= 0.6 is 0 Å². The van der Waals surface area contributed by atoms with E-state index in [2.05, 4.69) is 5.32 Å². The molecule has 2 atom stereocenters. The first-order chi connectivity index (χ1) is 7.75. The van der Waals surface area contributed by atoms with Gasteiger partial charge >= 0.3 is 5.97 Å². The zero-order chi connectivity index (χ0) is 13.6. The van der Waals surface area contributed by atoms with Gasteiger partial charge in [0.2, 0.25) is 5.91 Å². The van der Waals surface area contributed by atoms with Gasteiger partial charge in [0.05, 0.1) is 0 Å². The summed E-state index contributed by atoms with van der Waals surface area (Å²) in [6.45, 7) is 6.98. The van der Waals surface area contributed by atoms with Crippen molar-refractivity contribution < 1.29 is 19.5 Å². The highest BCUT2D eigenvalue weighted by Gasteiger charge is 2.22. The van der Waals surface area contributed by atoms with Crippen LogP contribution in [0.15, 0.2) is 0 Å². The van der Waals surface area contributed by atoms with E-state index in [0.717, 1.165) is 0 Å². The van der Waals surface area contributed by atoms with Crippen molar-refractivity contribution in [2.24, 2.45) is 17.8 Å². The number of amides is 1. The molecule has 0 radical (unpaired) electrons. The molecule has 5 nitrogen and oxygen atoms in total. The van der Waals surface area contributed by atoms with Crippen molar-refractivity contribution in [1.29, 1.82) is 0 Å². The Hall–Kier alpha value is -1.39. The van der Waals surface area contributed by atoms with E-state index in [1.54, 1.807) is 6.92 Å². The number of aliphatic carboxylic acids is 1. The van der Waals surface area contributed by atoms with Gasteiger partial charge in [-0.25, -0.2) is 0 Å². The van der Waals surface area contributed by atoms with Crippen LogP contribution in [0, 0.1) is 17.8 Å². The first kappa shape index (κ1) is 15.6.